The molecule has 0 unspecified atom stereocenters. The molecule has 0 aromatic heterocycles. The summed E-state index contributed by atoms with van der Waals surface area (Å²) in [6.45, 7) is 0. The van der Waals surface area contributed by atoms with E-state index >= 15 is 0 Å². The summed E-state index contributed by atoms with van der Waals surface area (Å²) in [4.78, 5) is 28.0. The van der Waals surface area contributed by atoms with Crippen molar-refractivity contribution >= 4 is 11.8 Å². The molecule has 0 heterocycles. The fourth-order valence-corrected chi connectivity index (χ4v) is 5.42. The van der Waals surface area contributed by atoms with E-state index in [1.54, 1.807) is 0 Å². The van der Waals surface area contributed by atoms with Crippen molar-refractivity contribution in [3.8, 4) is 0 Å². The fourth-order valence-electron chi connectivity index (χ4n) is 5.42. The second-order valence-electron chi connectivity index (χ2n) is 9.50. The summed E-state index contributed by atoms with van der Waals surface area (Å²) in [5, 5.41) is 3.14. The number of carbonyl (C=O) groups is 2. The number of primary amides is 1. The molecular formula is C35H30N2O2. The Labute approximate surface area is 229 Å². The summed E-state index contributed by atoms with van der Waals surface area (Å²) in [7, 11) is 0. The Bertz CT molecular complexity index is 1370. The molecule has 4 nitrogen and oxygen atoms in total. The van der Waals surface area contributed by atoms with Gasteiger partial charge in [0.2, 0.25) is 11.8 Å². The van der Waals surface area contributed by atoms with Crippen LogP contribution >= 0.6 is 0 Å². The van der Waals surface area contributed by atoms with Crippen LogP contribution in [0.1, 0.15) is 33.7 Å². The van der Waals surface area contributed by atoms with Crippen LogP contribution in [0.25, 0.3) is 0 Å². The van der Waals surface area contributed by atoms with Gasteiger partial charge in [-0.05, 0) is 27.8 Å². The number of amides is 2. The molecule has 4 heteroatoms. The van der Waals surface area contributed by atoms with Crippen LogP contribution in [0.4, 0.5) is 0 Å². The summed E-state index contributed by atoms with van der Waals surface area (Å²) in [6, 6.07) is 47.4. The molecule has 0 saturated carbocycles. The quantitative estimate of drug-likeness (QED) is 0.245. The van der Waals surface area contributed by atoms with Gasteiger partial charge in [-0.25, -0.2) is 0 Å². The third-order valence-corrected chi connectivity index (χ3v) is 7.20. The molecule has 192 valence electrons. The number of nitrogens with two attached hydrogens (primary N) is 1. The van der Waals surface area contributed by atoms with Crippen molar-refractivity contribution in [2.24, 2.45) is 5.73 Å². The van der Waals surface area contributed by atoms with Crippen molar-refractivity contribution in [2.75, 3.05) is 0 Å². The van der Waals surface area contributed by atoms with Crippen molar-refractivity contribution in [3.63, 3.8) is 0 Å². The number of hydrogen-bond donors (Lipinski definition) is 2. The molecule has 2 amide bonds. The smallest absolute Gasteiger partial charge is 0.240 e. The van der Waals surface area contributed by atoms with Crippen LogP contribution in [0.3, 0.4) is 0 Å². The third kappa shape index (κ3) is 5.10. The van der Waals surface area contributed by atoms with E-state index in [2.05, 4.69) is 5.32 Å². The van der Waals surface area contributed by atoms with Gasteiger partial charge in [0.05, 0.1) is 0 Å². The molecule has 5 rings (SSSR count). The van der Waals surface area contributed by atoms with Gasteiger partial charge < -0.3 is 11.1 Å². The Hall–Kier alpha value is -4.96. The van der Waals surface area contributed by atoms with Crippen LogP contribution in [-0.4, -0.2) is 17.9 Å². The van der Waals surface area contributed by atoms with Crippen LogP contribution in [0.15, 0.2) is 152 Å². The Morgan fingerprint density at radius 2 is 0.821 bits per heavy atom. The minimum Gasteiger partial charge on any atom is -0.368 e. The van der Waals surface area contributed by atoms with Crippen LogP contribution in [0, 0.1) is 0 Å². The van der Waals surface area contributed by atoms with Crippen LogP contribution < -0.4 is 11.1 Å². The predicted octanol–water partition coefficient (Wildman–Crippen LogP) is 5.82. The summed E-state index contributed by atoms with van der Waals surface area (Å²) in [6.07, 6.45) is 0. The number of nitrogens with one attached hydrogen (secondary N) is 1. The standard InChI is InChI=1S/C35H30N2O2/c36-33(38)32(31(26-16-6-1-7-17-26)27-18-8-2-9-19-27)37-34(39)35(28-20-10-3-11-21-28,29-22-12-4-13-23-29)30-24-14-5-15-25-30/h1-25,31-32H,(H2,36,38)(H,37,39)/t32-/m0/s1. The van der Waals surface area contributed by atoms with Gasteiger partial charge in [0.1, 0.15) is 11.5 Å². The molecule has 0 aliphatic heterocycles. The van der Waals surface area contributed by atoms with Gasteiger partial charge >= 0.3 is 0 Å². The largest absolute Gasteiger partial charge is 0.368 e. The first-order valence-corrected chi connectivity index (χ1v) is 13.0. The van der Waals surface area contributed by atoms with E-state index in [4.69, 9.17) is 5.73 Å². The molecule has 39 heavy (non-hydrogen) atoms. The highest BCUT2D eigenvalue weighted by Crippen LogP contribution is 2.40. The molecule has 0 bridgehead atoms. The van der Waals surface area contributed by atoms with E-state index in [9.17, 15) is 9.59 Å². The third-order valence-electron chi connectivity index (χ3n) is 7.20. The topological polar surface area (TPSA) is 72.2 Å². The zero-order valence-electron chi connectivity index (χ0n) is 21.5. The molecule has 5 aromatic rings. The highest BCUT2D eigenvalue weighted by atomic mass is 16.2. The van der Waals surface area contributed by atoms with Gasteiger partial charge in [-0.1, -0.05) is 152 Å². The lowest BCUT2D eigenvalue weighted by Crippen LogP contribution is -2.55. The Morgan fingerprint density at radius 1 is 0.513 bits per heavy atom. The first kappa shape index (κ1) is 25.7. The van der Waals surface area contributed by atoms with Crippen molar-refractivity contribution in [2.45, 2.75) is 17.4 Å². The van der Waals surface area contributed by atoms with Crippen LogP contribution in [-0.2, 0) is 15.0 Å². The first-order valence-electron chi connectivity index (χ1n) is 13.0. The van der Waals surface area contributed by atoms with Crippen LogP contribution in [0.2, 0.25) is 0 Å². The fraction of sp³-hybridized carbons (Fsp3) is 0.0857. The highest BCUT2D eigenvalue weighted by molar-refractivity contribution is 5.99. The van der Waals surface area contributed by atoms with Crippen molar-refractivity contribution < 1.29 is 9.59 Å². The molecule has 3 N–H and O–H groups in total. The van der Waals surface area contributed by atoms with Crippen LogP contribution in [0.5, 0.6) is 0 Å². The molecule has 0 saturated heterocycles. The van der Waals surface area contributed by atoms with E-state index < -0.39 is 23.3 Å². The minimum absolute atomic E-state index is 0.327. The van der Waals surface area contributed by atoms with Gasteiger partial charge in [0.25, 0.3) is 0 Å². The summed E-state index contributed by atoms with van der Waals surface area (Å²) in [5.41, 5.74) is 8.99. The number of benzene rings is 5. The van der Waals surface area contributed by atoms with Crippen molar-refractivity contribution in [3.05, 3.63) is 179 Å². The van der Waals surface area contributed by atoms with Crippen molar-refractivity contribution in [1.82, 2.24) is 5.32 Å². The van der Waals surface area contributed by atoms with E-state index in [1.807, 2.05) is 152 Å². The van der Waals surface area contributed by atoms with Gasteiger partial charge in [-0.3, -0.25) is 9.59 Å². The number of hydrogen-bond acceptors (Lipinski definition) is 2. The lowest BCUT2D eigenvalue weighted by atomic mass is 9.68. The predicted molar refractivity (Wildman–Crippen MR) is 155 cm³/mol. The van der Waals surface area contributed by atoms with Gasteiger partial charge in [-0.15, -0.1) is 0 Å². The first-order chi connectivity index (χ1) is 19.1. The van der Waals surface area contributed by atoms with Gasteiger partial charge in [-0.2, -0.15) is 0 Å². The lowest BCUT2D eigenvalue weighted by molar-refractivity contribution is -0.129. The Kier molecular flexibility index (Phi) is 7.65. The molecular weight excluding hydrogens is 480 g/mol. The van der Waals surface area contributed by atoms with Crippen molar-refractivity contribution in [1.29, 1.82) is 0 Å². The normalized spacial score (nSPS) is 12.0. The average Bonchev–Trinajstić information content (AvgIpc) is 3.00. The summed E-state index contributed by atoms with van der Waals surface area (Å²) < 4.78 is 0. The maximum Gasteiger partial charge on any atom is 0.240 e. The van der Waals surface area contributed by atoms with E-state index in [1.165, 1.54) is 0 Å². The molecule has 0 fully saturated rings. The van der Waals surface area contributed by atoms with Gasteiger partial charge in [0.15, 0.2) is 0 Å². The summed E-state index contributed by atoms with van der Waals surface area (Å²) >= 11 is 0. The highest BCUT2D eigenvalue weighted by Gasteiger charge is 2.46. The molecule has 0 radical (unpaired) electrons. The molecule has 0 aliphatic rings. The zero-order chi connectivity index (χ0) is 27.1. The van der Waals surface area contributed by atoms with E-state index in [-0.39, 0.29) is 5.91 Å². The Morgan fingerprint density at radius 3 is 1.13 bits per heavy atom. The molecule has 1 atom stereocenters. The lowest BCUT2D eigenvalue weighted by Gasteiger charge is -2.37. The molecule has 0 spiro atoms. The Balaban J connectivity index is 1.70. The maximum atomic E-state index is 14.8. The monoisotopic (exact) mass is 510 g/mol. The number of carbonyl (C=O) groups excluding carboxylic acids is 2. The number of rotatable bonds is 9. The SMILES string of the molecule is NC(=O)[C@@H](NC(=O)C(c1ccccc1)(c1ccccc1)c1ccccc1)C(c1ccccc1)c1ccccc1. The minimum atomic E-state index is -1.23. The average molecular weight is 511 g/mol. The summed E-state index contributed by atoms with van der Waals surface area (Å²) in [5.74, 6) is -1.41. The molecule has 0 aliphatic carbocycles. The zero-order valence-corrected chi connectivity index (χ0v) is 21.5. The van der Waals surface area contributed by atoms with E-state index in [0.29, 0.717) is 0 Å². The maximum absolute atomic E-state index is 14.8. The second-order valence-corrected chi connectivity index (χ2v) is 9.50. The van der Waals surface area contributed by atoms with E-state index in [0.717, 1.165) is 27.8 Å². The molecule has 5 aromatic carbocycles. The second kappa shape index (κ2) is 11.6. The van der Waals surface area contributed by atoms with Gasteiger partial charge in [0, 0.05) is 5.92 Å².